The van der Waals surface area contributed by atoms with Gasteiger partial charge in [0.2, 0.25) is 0 Å². The predicted molar refractivity (Wildman–Crippen MR) is 108 cm³/mol. The Morgan fingerprint density at radius 1 is 1.39 bits per heavy atom. The van der Waals surface area contributed by atoms with Crippen LogP contribution in [0.1, 0.15) is 10.4 Å². The third kappa shape index (κ3) is 4.07. The first-order chi connectivity index (χ1) is 13.3. The summed E-state index contributed by atoms with van der Waals surface area (Å²) in [4.78, 5) is 21.3. The van der Waals surface area contributed by atoms with Crippen LogP contribution in [0.15, 0.2) is 29.8 Å². The molecule has 1 aromatic heterocycles. The van der Waals surface area contributed by atoms with Gasteiger partial charge in [-0.25, -0.2) is 18.8 Å². The predicted octanol–water partition coefficient (Wildman–Crippen LogP) is 2.70. The van der Waals surface area contributed by atoms with Gasteiger partial charge in [-0.05, 0) is 46.9 Å². The molecule has 0 spiro atoms. The Morgan fingerprint density at radius 2 is 2.14 bits per heavy atom. The van der Waals surface area contributed by atoms with Crippen molar-refractivity contribution >= 4 is 61.4 Å². The van der Waals surface area contributed by atoms with E-state index in [0.29, 0.717) is 8.27 Å². The third-order valence-corrected chi connectivity index (χ3v) is 5.19. The van der Waals surface area contributed by atoms with E-state index < -0.39 is 42.5 Å². The molecule has 7 nitrogen and oxygen atoms in total. The topological polar surface area (TPSA) is 109 Å². The van der Waals surface area contributed by atoms with E-state index in [1.165, 1.54) is 23.7 Å². The number of hydrogen-bond donors (Lipinski definition) is 3. The Morgan fingerprint density at radius 3 is 2.79 bits per heavy atom. The molecular formula is C17H14F2IN3O4S. The highest BCUT2D eigenvalue weighted by atomic mass is 127. The van der Waals surface area contributed by atoms with E-state index in [2.05, 4.69) is 4.98 Å². The van der Waals surface area contributed by atoms with Crippen LogP contribution >= 0.6 is 33.9 Å². The fourth-order valence-electron chi connectivity index (χ4n) is 2.45. The molecule has 0 bridgehead atoms. The van der Waals surface area contributed by atoms with E-state index >= 15 is 4.39 Å². The summed E-state index contributed by atoms with van der Waals surface area (Å²) in [5, 5.41) is 19.4. The van der Waals surface area contributed by atoms with Crippen molar-refractivity contribution < 1.29 is 28.6 Å². The van der Waals surface area contributed by atoms with Gasteiger partial charge in [-0.3, -0.25) is 9.63 Å². The minimum Gasteiger partial charge on any atom is -0.394 e. The maximum absolute atomic E-state index is 15.3. The lowest BCUT2D eigenvalue weighted by Gasteiger charge is -2.27. The van der Waals surface area contributed by atoms with Crippen molar-refractivity contribution in [1.29, 1.82) is 0 Å². The van der Waals surface area contributed by atoms with Crippen LogP contribution in [-0.2, 0) is 4.84 Å². The van der Waals surface area contributed by atoms with E-state index in [9.17, 15) is 14.3 Å². The number of nitrogens with two attached hydrogens (primary N) is 1. The second-order valence-electron chi connectivity index (χ2n) is 5.67. The fraction of sp³-hybridized carbons (Fsp3) is 0.176. The molecule has 148 valence electrons. The number of carbonyl (C=O) groups excluding carboxylic acids is 1. The maximum atomic E-state index is 15.3. The fourth-order valence-corrected chi connectivity index (χ4v) is 3.62. The smallest absolute Gasteiger partial charge is 0.251 e. The number of anilines is 2. The summed E-state index contributed by atoms with van der Waals surface area (Å²) in [6.07, 6.45) is -1.31. The molecule has 1 heterocycles. The molecule has 0 saturated heterocycles. The summed E-state index contributed by atoms with van der Waals surface area (Å²) < 4.78 is 30.8. The molecule has 0 saturated carbocycles. The molecule has 3 rings (SSSR count). The molecule has 1 atom stereocenters. The summed E-state index contributed by atoms with van der Waals surface area (Å²) in [5.74, 6) is -2.63. The van der Waals surface area contributed by atoms with Crippen LogP contribution < -0.4 is 10.8 Å². The SMILES string of the molecule is NC(=O)c1cc2scnc2c(F)c1N(OCC(O)CO)c1ccc(I)cc1F. The van der Waals surface area contributed by atoms with Gasteiger partial charge in [-0.15, -0.1) is 11.3 Å². The highest BCUT2D eigenvalue weighted by Gasteiger charge is 2.28. The monoisotopic (exact) mass is 521 g/mol. The normalized spacial score (nSPS) is 12.3. The van der Waals surface area contributed by atoms with Gasteiger partial charge in [-0.1, -0.05) is 0 Å². The Bertz CT molecular complexity index is 1030. The first-order valence-electron chi connectivity index (χ1n) is 7.86. The zero-order chi connectivity index (χ0) is 20.4. The van der Waals surface area contributed by atoms with E-state index in [4.69, 9.17) is 15.7 Å². The van der Waals surface area contributed by atoms with Crippen molar-refractivity contribution in [3.05, 3.63) is 50.5 Å². The zero-order valence-corrected chi connectivity index (χ0v) is 17.1. The van der Waals surface area contributed by atoms with Crippen LogP contribution in [-0.4, -0.2) is 40.4 Å². The quantitative estimate of drug-likeness (QED) is 0.326. The number of amides is 1. The number of halogens is 3. The molecule has 0 aliphatic heterocycles. The molecule has 3 aromatic rings. The Balaban J connectivity index is 2.23. The van der Waals surface area contributed by atoms with E-state index in [1.807, 2.05) is 22.6 Å². The number of nitrogens with zero attached hydrogens (tertiary/aromatic N) is 2. The van der Waals surface area contributed by atoms with Crippen molar-refractivity contribution in [3.8, 4) is 0 Å². The lowest BCUT2D eigenvalue weighted by Crippen LogP contribution is -2.30. The molecule has 1 unspecified atom stereocenters. The molecule has 0 aliphatic carbocycles. The lowest BCUT2D eigenvalue weighted by atomic mass is 10.1. The lowest BCUT2D eigenvalue weighted by molar-refractivity contribution is 0.00524. The van der Waals surface area contributed by atoms with Gasteiger partial charge in [0, 0.05) is 3.57 Å². The molecule has 11 heteroatoms. The maximum Gasteiger partial charge on any atom is 0.251 e. The van der Waals surface area contributed by atoms with Crippen LogP contribution in [0.4, 0.5) is 20.2 Å². The first-order valence-corrected chi connectivity index (χ1v) is 9.81. The summed E-state index contributed by atoms with van der Waals surface area (Å²) in [6.45, 7) is -1.12. The standard InChI is InChI=1S/C17H14F2IN3O4S/c18-11-3-8(20)1-2-12(11)23(27-6-9(25)5-24)16-10(17(21)26)4-13-15(14(16)19)22-7-28-13/h1-4,7,9,24-25H,5-6H2,(H2,21,26). The number of hydrogen-bond acceptors (Lipinski definition) is 7. The number of rotatable bonds is 7. The Kier molecular flexibility index (Phi) is 6.40. The van der Waals surface area contributed by atoms with Gasteiger partial charge in [0.15, 0.2) is 5.82 Å². The van der Waals surface area contributed by atoms with Gasteiger partial charge in [0.1, 0.15) is 35.4 Å². The Labute approximate surface area is 175 Å². The van der Waals surface area contributed by atoms with E-state index in [-0.39, 0.29) is 16.8 Å². The molecule has 2 aromatic carbocycles. The largest absolute Gasteiger partial charge is 0.394 e. The number of thiazole rings is 1. The number of primary amides is 1. The van der Waals surface area contributed by atoms with Crippen molar-refractivity contribution in [2.24, 2.45) is 5.73 Å². The minimum absolute atomic E-state index is 0.0350. The molecule has 0 aliphatic rings. The molecule has 0 fully saturated rings. The summed E-state index contributed by atoms with van der Waals surface area (Å²) in [7, 11) is 0. The number of fused-ring (bicyclic) bond motifs is 1. The average molecular weight is 521 g/mol. The summed E-state index contributed by atoms with van der Waals surface area (Å²) >= 11 is 3.01. The molecule has 4 N–H and O–H groups in total. The molecule has 1 amide bonds. The Hall–Kier alpha value is -1.93. The van der Waals surface area contributed by atoms with Crippen LogP contribution in [0.3, 0.4) is 0 Å². The van der Waals surface area contributed by atoms with Crippen LogP contribution in [0.5, 0.6) is 0 Å². The summed E-state index contributed by atoms with van der Waals surface area (Å²) in [6, 6.07) is 5.42. The third-order valence-electron chi connectivity index (χ3n) is 3.75. The minimum atomic E-state index is -1.31. The zero-order valence-electron chi connectivity index (χ0n) is 14.1. The second kappa shape index (κ2) is 8.61. The number of aromatic nitrogens is 1. The first kappa shape index (κ1) is 20.8. The van der Waals surface area contributed by atoms with Gasteiger partial charge in [0.05, 0.1) is 22.4 Å². The van der Waals surface area contributed by atoms with E-state index in [1.54, 1.807) is 6.07 Å². The second-order valence-corrected chi connectivity index (χ2v) is 7.80. The van der Waals surface area contributed by atoms with Crippen molar-refractivity contribution in [3.63, 3.8) is 0 Å². The highest BCUT2D eigenvalue weighted by molar-refractivity contribution is 14.1. The number of aliphatic hydroxyl groups is 2. The van der Waals surface area contributed by atoms with Gasteiger partial charge in [-0.2, -0.15) is 0 Å². The summed E-state index contributed by atoms with van der Waals surface area (Å²) in [5.41, 5.74) is 5.89. The van der Waals surface area contributed by atoms with Crippen molar-refractivity contribution in [1.82, 2.24) is 4.98 Å². The van der Waals surface area contributed by atoms with E-state index in [0.717, 1.165) is 16.4 Å². The van der Waals surface area contributed by atoms with Crippen molar-refractivity contribution in [2.45, 2.75) is 6.10 Å². The average Bonchev–Trinajstić information content (AvgIpc) is 3.12. The molecule has 0 radical (unpaired) electrons. The number of benzene rings is 2. The van der Waals surface area contributed by atoms with Crippen LogP contribution in [0, 0.1) is 15.2 Å². The van der Waals surface area contributed by atoms with Crippen molar-refractivity contribution in [2.75, 3.05) is 18.3 Å². The number of aliphatic hydroxyl groups excluding tert-OH is 2. The highest BCUT2D eigenvalue weighted by Crippen LogP contribution is 2.38. The van der Waals surface area contributed by atoms with Gasteiger partial charge < -0.3 is 15.9 Å². The molecular weight excluding hydrogens is 507 g/mol. The van der Waals surface area contributed by atoms with Gasteiger partial charge in [0.25, 0.3) is 5.91 Å². The van der Waals surface area contributed by atoms with Crippen LogP contribution in [0.2, 0.25) is 0 Å². The molecule has 28 heavy (non-hydrogen) atoms. The van der Waals surface area contributed by atoms with Crippen LogP contribution in [0.25, 0.3) is 10.2 Å². The number of carbonyl (C=O) groups is 1. The van der Waals surface area contributed by atoms with Gasteiger partial charge >= 0.3 is 0 Å².